The van der Waals surface area contributed by atoms with Crippen molar-refractivity contribution in [1.82, 2.24) is 9.97 Å². The van der Waals surface area contributed by atoms with Gasteiger partial charge in [-0.15, -0.1) is 0 Å². The SMILES string of the molecule is Brc1cnc(Nc2cccc(-c3ccccc3)c2)nc1Nc1cccc(-c2ccccc2)c1. The molecular weight excluding hydrogens is 472 g/mol. The monoisotopic (exact) mass is 492 g/mol. The lowest BCUT2D eigenvalue weighted by Gasteiger charge is -2.12. The van der Waals surface area contributed by atoms with Crippen molar-refractivity contribution in [2.24, 2.45) is 0 Å². The Morgan fingerprint density at radius 3 is 1.64 bits per heavy atom. The molecular formula is C28H21BrN4. The molecule has 2 N–H and O–H groups in total. The van der Waals surface area contributed by atoms with E-state index in [1.54, 1.807) is 6.20 Å². The van der Waals surface area contributed by atoms with Crippen LogP contribution in [-0.4, -0.2) is 9.97 Å². The number of aromatic nitrogens is 2. The molecule has 0 unspecified atom stereocenters. The minimum absolute atomic E-state index is 0.519. The molecule has 4 nitrogen and oxygen atoms in total. The van der Waals surface area contributed by atoms with Crippen molar-refractivity contribution in [1.29, 1.82) is 0 Å². The third-order valence-electron chi connectivity index (χ3n) is 5.20. The van der Waals surface area contributed by atoms with Gasteiger partial charge in [0.1, 0.15) is 5.82 Å². The minimum Gasteiger partial charge on any atom is -0.339 e. The fourth-order valence-corrected chi connectivity index (χ4v) is 3.89. The van der Waals surface area contributed by atoms with Crippen LogP contribution in [0, 0.1) is 0 Å². The van der Waals surface area contributed by atoms with E-state index in [2.05, 4.69) is 85.1 Å². The van der Waals surface area contributed by atoms with Crippen LogP contribution in [-0.2, 0) is 0 Å². The zero-order valence-electron chi connectivity index (χ0n) is 17.7. The summed E-state index contributed by atoms with van der Waals surface area (Å²) >= 11 is 3.56. The molecule has 160 valence electrons. The maximum absolute atomic E-state index is 4.69. The van der Waals surface area contributed by atoms with Crippen LogP contribution in [0.2, 0.25) is 0 Å². The molecule has 0 aliphatic carbocycles. The average Bonchev–Trinajstić information content (AvgIpc) is 2.87. The number of hydrogen-bond donors (Lipinski definition) is 2. The molecule has 0 bridgehead atoms. The summed E-state index contributed by atoms with van der Waals surface area (Å²) in [5.74, 6) is 1.21. The fraction of sp³-hybridized carbons (Fsp3) is 0. The molecule has 0 saturated carbocycles. The highest BCUT2D eigenvalue weighted by atomic mass is 79.9. The van der Waals surface area contributed by atoms with Gasteiger partial charge in [0, 0.05) is 17.6 Å². The maximum Gasteiger partial charge on any atom is 0.229 e. The Bertz CT molecular complexity index is 1370. The lowest BCUT2D eigenvalue weighted by Crippen LogP contribution is -2.01. The molecule has 5 heteroatoms. The molecule has 0 atom stereocenters. The van der Waals surface area contributed by atoms with Crippen LogP contribution in [0.25, 0.3) is 22.3 Å². The fourth-order valence-electron chi connectivity index (χ4n) is 3.60. The normalized spacial score (nSPS) is 10.6. The molecule has 5 aromatic rings. The molecule has 4 aromatic carbocycles. The van der Waals surface area contributed by atoms with Crippen molar-refractivity contribution in [3.63, 3.8) is 0 Å². The zero-order chi connectivity index (χ0) is 22.5. The second-order valence-electron chi connectivity index (χ2n) is 7.53. The van der Waals surface area contributed by atoms with Gasteiger partial charge >= 0.3 is 0 Å². The smallest absolute Gasteiger partial charge is 0.229 e. The zero-order valence-corrected chi connectivity index (χ0v) is 19.3. The van der Waals surface area contributed by atoms with Crippen LogP contribution in [0.3, 0.4) is 0 Å². The Labute approximate surface area is 201 Å². The Balaban J connectivity index is 1.37. The standard InChI is InChI=1S/C28H21BrN4/c29-26-19-30-28(32-25-16-8-14-23(18-25)21-11-5-2-6-12-21)33-27(26)31-24-15-7-13-22(17-24)20-9-3-1-4-10-20/h1-19H,(H2,30,31,32,33). The van der Waals surface area contributed by atoms with Crippen molar-refractivity contribution < 1.29 is 0 Å². The summed E-state index contributed by atoms with van der Waals surface area (Å²) in [6.07, 6.45) is 1.75. The highest BCUT2D eigenvalue weighted by Gasteiger charge is 2.08. The first kappa shape index (κ1) is 20.9. The van der Waals surface area contributed by atoms with Crippen molar-refractivity contribution in [3.05, 3.63) is 120 Å². The summed E-state index contributed by atoms with van der Waals surface area (Å²) in [6, 6.07) is 37.1. The minimum atomic E-state index is 0.519. The number of anilines is 4. The van der Waals surface area contributed by atoms with Gasteiger partial charge in [0.15, 0.2) is 0 Å². The van der Waals surface area contributed by atoms with Gasteiger partial charge in [-0.2, -0.15) is 4.98 Å². The first-order valence-corrected chi connectivity index (χ1v) is 11.4. The summed E-state index contributed by atoms with van der Waals surface area (Å²) < 4.78 is 0.788. The van der Waals surface area contributed by atoms with E-state index >= 15 is 0 Å². The summed E-state index contributed by atoms with van der Waals surface area (Å²) in [7, 11) is 0. The van der Waals surface area contributed by atoms with Gasteiger partial charge in [0.2, 0.25) is 5.95 Å². The van der Waals surface area contributed by atoms with Crippen LogP contribution in [0.4, 0.5) is 23.1 Å². The largest absolute Gasteiger partial charge is 0.339 e. The van der Waals surface area contributed by atoms with Crippen LogP contribution in [0.1, 0.15) is 0 Å². The molecule has 0 saturated heterocycles. The maximum atomic E-state index is 4.69. The van der Waals surface area contributed by atoms with E-state index in [1.165, 1.54) is 11.1 Å². The number of rotatable bonds is 6. The molecule has 0 spiro atoms. The second kappa shape index (κ2) is 9.67. The predicted molar refractivity (Wildman–Crippen MR) is 140 cm³/mol. The summed E-state index contributed by atoms with van der Waals surface area (Å²) in [6.45, 7) is 0. The van der Waals surface area contributed by atoms with Gasteiger partial charge in [-0.1, -0.05) is 84.9 Å². The Hall–Kier alpha value is -3.96. The molecule has 0 aliphatic rings. The first-order valence-electron chi connectivity index (χ1n) is 10.6. The van der Waals surface area contributed by atoms with Crippen LogP contribution < -0.4 is 10.6 Å². The van der Waals surface area contributed by atoms with E-state index in [1.807, 2.05) is 60.7 Å². The lowest BCUT2D eigenvalue weighted by molar-refractivity contribution is 1.15. The van der Waals surface area contributed by atoms with Crippen LogP contribution in [0.5, 0.6) is 0 Å². The molecule has 0 amide bonds. The molecule has 0 aliphatic heterocycles. The van der Waals surface area contributed by atoms with Crippen molar-refractivity contribution in [2.45, 2.75) is 0 Å². The van der Waals surface area contributed by atoms with E-state index in [0.29, 0.717) is 11.8 Å². The van der Waals surface area contributed by atoms with E-state index < -0.39 is 0 Å². The highest BCUT2D eigenvalue weighted by Crippen LogP contribution is 2.29. The van der Waals surface area contributed by atoms with Gasteiger partial charge < -0.3 is 10.6 Å². The van der Waals surface area contributed by atoms with Crippen LogP contribution in [0.15, 0.2) is 120 Å². The van der Waals surface area contributed by atoms with E-state index in [9.17, 15) is 0 Å². The number of nitrogens with one attached hydrogen (secondary N) is 2. The summed E-state index contributed by atoms with van der Waals surface area (Å²) in [5, 5.41) is 6.73. The Morgan fingerprint density at radius 2 is 1.06 bits per heavy atom. The topological polar surface area (TPSA) is 49.8 Å². The number of halogens is 1. The summed E-state index contributed by atoms with van der Waals surface area (Å²) in [5.41, 5.74) is 6.49. The van der Waals surface area contributed by atoms with Crippen molar-refractivity contribution >= 4 is 39.1 Å². The highest BCUT2D eigenvalue weighted by molar-refractivity contribution is 9.10. The van der Waals surface area contributed by atoms with Gasteiger partial charge in [-0.25, -0.2) is 4.98 Å². The molecule has 0 radical (unpaired) electrons. The van der Waals surface area contributed by atoms with Gasteiger partial charge in [-0.3, -0.25) is 0 Å². The second-order valence-corrected chi connectivity index (χ2v) is 8.39. The quantitative estimate of drug-likeness (QED) is 0.251. The summed E-state index contributed by atoms with van der Waals surface area (Å²) in [4.78, 5) is 9.12. The number of benzene rings is 4. The van der Waals surface area contributed by atoms with Crippen molar-refractivity contribution in [2.75, 3.05) is 10.6 Å². The Morgan fingerprint density at radius 1 is 0.545 bits per heavy atom. The number of nitrogens with zero attached hydrogens (tertiary/aromatic N) is 2. The van der Waals surface area contributed by atoms with Gasteiger partial charge in [0.05, 0.1) is 4.47 Å². The molecule has 5 rings (SSSR count). The third-order valence-corrected chi connectivity index (χ3v) is 5.78. The van der Waals surface area contributed by atoms with Gasteiger partial charge in [0.25, 0.3) is 0 Å². The molecule has 33 heavy (non-hydrogen) atoms. The van der Waals surface area contributed by atoms with E-state index in [0.717, 1.165) is 27.0 Å². The molecule has 1 aromatic heterocycles. The number of hydrogen-bond acceptors (Lipinski definition) is 4. The van der Waals surface area contributed by atoms with Crippen LogP contribution >= 0.6 is 15.9 Å². The lowest BCUT2D eigenvalue weighted by atomic mass is 10.1. The van der Waals surface area contributed by atoms with E-state index in [4.69, 9.17) is 0 Å². The predicted octanol–water partition coefficient (Wildman–Crippen LogP) is 8.06. The van der Waals surface area contributed by atoms with E-state index in [-0.39, 0.29) is 0 Å². The van der Waals surface area contributed by atoms with Crippen molar-refractivity contribution in [3.8, 4) is 22.3 Å². The van der Waals surface area contributed by atoms with Gasteiger partial charge in [-0.05, 0) is 62.4 Å². The molecule has 0 fully saturated rings. The average molecular weight is 493 g/mol. The third kappa shape index (κ3) is 5.10. The Kier molecular flexibility index (Phi) is 6.13. The molecule has 1 heterocycles. The first-order chi connectivity index (χ1) is 16.2.